The van der Waals surface area contributed by atoms with Crippen LogP contribution in [0.2, 0.25) is 0 Å². The summed E-state index contributed by atoms with van der Waals surface area (Å²) < 4.78 is 10.5. The van der Waals surface area contributed by atoms with Crippen molar-refractivity contribution in [1.82, 2.24) is 9.97 Å². The molecule has 2 N–H and O–H groups in total. The maximum Gasteiger partial charge on any atom is 0.257 e. The Hall–Kier alpha value is -1.36. The fraction of sp³-hybridized carbons (Fsp3) is 0.556. The molecule has 0 saturated heterocycles. The number of nitrogens with two attached hydrogens (primary N) is 1. The number of hydrogen-bond acceptors (Lipinski definition) is 5. The molecule has 1 aromatic rings. The van der Waals surface area contributed by atoms with Gasteiger partial charge in [-0.15, -0.1) is 0 Å². The van der Waals surface area contributed by atoms with Gasteiger partial charge in [-0.05, 0) is 6.42 Å². The van der Waals surface area contributed by atoms with Crippen LogP contribution in [0.3, 0.4) is 0 Å². The average Bonchev–Trinajstić information content (AvgIpc) is 2.20. The molecule has 0 aliphatic rings. The summed E-state index contributed by atoms with van der Waals surface area (Å²) in [7, 11) is 0. The second kappa shape index (κ2) is 6.15. The lowest BCUT2D eigenvalue weighted by Crippen LogP contribution is -2.09. The van der Waals surface area contributed by atoms with Crippen molar-refractivity contribution < 1.29 is 9.47 Å². The Morgan fingerprint density at radius 1 is 1.21 bits per heavy atom. The van der Waals surface area contributed by atoms with Gasteiger partial charge in [0.15, 0.2) is 5.82 Å². The Morgan fingerprint density at radius 3 is 2.71 bits per heavy atom. The second-order valence-corrected chi connectivity index (χ2v) is 2.71. The van der Waals surface area contributed by atoms with E-state index in [0.717, 1.165) is 13.0 Å². The number of nitrogen functional groups attached to an aromatic ring is 1. The molecule has 0 aliphatic heterocycles. The third-order valence-electron chi connectivity index (χ3n) is 1.51. The van der Waals surface area contributed by atoms with Crippen LogP contribution in [0.5, 0.6) is 5.88 Å². The highest BCUT2D eigenvalue weighted by atomic mass is 16.5. The molecule has 14 heavy (non-hydrogen) atoms. The van der Waals surface area contributed by atoms with Gasteiger partial charge in [0.1, 0.15) is 6.61 Å². The van der Waals surface area contributed by atoms with E-state index < -0.39 is 0 Å². The first-order valence-electron chi connectivity index (χ1n) is 4.61. The lowest BCUT2D eigenvalue weighted by molar-refractivity contribution is 0.0992. The molecule has 5 heteroatoms. The van der Waals surface area contributed by atoms with Gasteiger partial charge in [-0.25, -0.2) is 9.97 Å². The van der Waals surface area contributed by atoms with Gasteiger partial charge in [0, 0.05) is 19.0 Å². The van der Waals surface area contributed by atoms with E-state index in [1.165, 1.54) is 6.20 Å². The SMILES string of the molecule is CCCOCCOc1nccnc1N. The predicted octanol–water partition coefficient (Wildman–Crippen LogP) is 0.864. The summed E-state index contributed by atoms with van der Waals surface area (Å²) in [5.74, 6) is 0.676. The molecule has 5 nitrogen and oxygen atoms in total. The summed E-state index contributed by atoms with van der Waals surface area (Å²) in [6.07, 6.45) is 4.07. The Bertz CT molecular complexity index is 268. The first-order valence-corrected chi connectivity index (χ1v) is 4.61. The maximum atomic E-state index is 5.52. The van der Waals surface area contributed by atoms with E-state index >= 15 is 0 Å². The molecule has 0 saturated carbocycles. The number of anilines is 1. The maximum absolute atomic E-state index is 5.52. The highest BCUT2D eigenvalue weighted by molar-refractivity contribution is 5.38. The van der Waals surface area contributed by atoms with E-state index in [4.69, 9.17) is 15.2 Å². The minimum absolute atomic E-state index is 0.308. The van der Waals surface area contributed by atoms with Gasteiger partial charge in [-0.1, -0.05) is 6.92 Å². The molecule has 1 aromatic heterocycles. The summed E-state index contributed by atoms with van der Waals surface area (Å²) in [5, 5.41) is 0. The monoisotopic (exact) mass is 197 g/mol. The molecule has 0 spiro atoms. The topological polar surface area (TPSA) is 70.3 Å². The molecular weight excluding hydrogens is 182 g/mol. The molecule has 1 rings (SSSR count). The number of nitrogens with zero attached hydrogens (tertiary/aromatic N) is 2. The lowest BCUT2D eigenvalue weighted by Gasteiger charge is -2.06. The second-order valence-electron chi connectivity index (χ2n) is 2.71. The first-order chi connectivity index (χ1) is 6.84. The smallest absolute Gasteiger partial charge is 0.257 e. The Morgan fingerprint density at radius 2 is 2.00 bits per heavy atom. The van der Waals surface area contributed by atoms with Crippen molar-refractivity contribution >= 4 is 5.82 Å². The van der Waals surface area contributed by atoms with Crippen molar-refractivity contribution in [1.29, 1.82) is 0 Å². The van der Waals surface area contributed by atoms with Crippen molar-refractivity contribution in [3.63, 3.8) is 0 Å². The van der Waals surface area contributed by atoms with Gasteiger partial charge in [-0.3, -0.25) is 0 Å². The summed E-state index contributed by atoms with van der Waals surface area (Å²) in [5.41, 5.74) is 5.52. The van der Waals surface area contributed by atoms with Crippen LogP contribution in [-0.4, -0.2) is 29.8 Å². The molecule has 0 atom stereocenters. The molecule has 0 fully saturated rings. The van der Waals surface area contributed by atoms with Crippen LogP contribution in [0, 0.1) is 0 Å². The molecule has 1 heterocycles. The molecule has 0 unspecified atom stereocenters. The predicted molar refractivity (Wildman–Crippen MR) is 53.0 cm³/mol. The van der Waals surface area contributed by atoms with Crippen molar-refractivity contribution in [2.24, 2.45) is 0 Å². The van der Waals surface area contributed by atoms with Crippen LogP contribution in [0.1, 0.15) is 13.3 Å². The minimum Gasteiger partial charge on any atom is -0.473 e. The van der Waals surface area contributed by atoms with E-state index in [9.17, 15) is 0 Å². The quantitative estimate of drug-likeness (QED) is 0.685. The van der Waals surface area contributed by atoms with Gasteiger partial charge < -0.3 is 15.2 Å². The average molecular weight is 197 g/mol. The van der Waals surface area contributed by atoms with E-state index in [1.807, 2.05) is 0 Å². The van der Waals surface area contributed by atoms with Gasteiger partial charge in [0.05, 0.1) is 6.61 Å². The molecule has 0 aromatic carbocycles. The molecule has 0 radical (unpaired) electrons. The molecule has 78 valence electrons. The Balaban J connectivity index is 2.21. The fourth-order valence-corrected chi connectivity index (χ4v) is 0.891. The number of rotatable bonds is 6. The van der Waals surface area contributed by atoms with Crippen molar-refractivity contribution in [3.8, 4) is 5.88 Å². The minimum atomic E-state index is 0.308. The van der Waals surface area contributed by atoms with Crippen LogP contribution in [0.15, 0.2) is 12.4 Å². The Kier molecular flexibility index (Phi) is 4.71. The highest BCUT2D eigenvalue weighted by Gasteiger charge is 2.00. The van der Waals surface area contributed by atoms with Crippen molar-refractivity contribution in [2.75, 3.05) is 25.6 Å². The van der Waals surface area contributed by atoms with Gasteiger partial charge in [-0.2, -0.15) is 0 Å². The van der Waals surface area contributed by atoms with Crippen LogP contribution in [0.4, 0.5) is 5.82 Å². The highest BCUT2D eigenvalue weighted by Crippen LogP contribution is 2.11. The summed E-state index contributed by atoms with van der Waals surface area (Å²) >= 11 is 0. The number of hydrogen-bond donors (Lipinski definition) is 1. The largest absolute Gasteiger partial charge is 0.473 e. The van der Waals surface area contributed by atoms with Crippen LogP contribution in [-0.2, 0) is 4.74 Å². The summed E-state index contributed by atoms with van der Waals surface area (Å²) in [6, 6.07) is 0. The van der Waals surface area contributed by atoms with Gasteiger partial charge in [0.25, 0.3) is 5.88 Å². The molecule has 0 amide bonds. The van der Waals surface area contributed by atoms with Crippen molar-refractivity contribution in [2.45, 2.75) is 13.3 Å². The van der Waals surface area contributed by atoms with Gasteiger partial charge in [0.2, 0.25) is 0 Å². The van der Waals surface area contributed by atoms with E-state index in [1.54, 1.807) is 6.20 Å². The van der Waals surface area contributed by atoms with Crippen LogP contribution in [0.25, 0.3) is 0 Å². The molecule has 0 bridgehead atoms. The van der Waals surface area contributed by atoms with E-state index in [-0.39, 0.29) is 0 Å². The Labute approximate surface area is 83.3 Å². The van der Waals surface area contributed by atoms with Crippen LogP contribution >= 0.6 is 0 Å². The summed E-state index contributed by atoms with van der Waals surface area (Å²) in [4.78, 5) is 7.77. The number of ether oxygens (including phenoxy) is 2. The summed E-state index contributed by atoms with van der Waals surface area (Å²) in [6.45, 7) is 3.80. The van der Waals surface area contributed by atoms with Gasteiger partial charge >= 0.3 is 0 Å². The standard InChI is InChI=1S/C9H15N3O2/c1-2-5-13-6-7-14-9-8(10)11-3-4-12-9/h3-4H,2,5-7H2,1H3,(H2,10,11). The molecule has 0 aliphatic carbocycles. The van der Waals surface area contributed by atoms with E-state index in [0.29, 0.717) is 24.9 Å². The van der Waals surface area contributed by atoms with Crippen molar-refractivity contribution in [3.05, 3.63) is 12.4 Å². The normalized spacial score (nSPS) is 10.1. The zero-order valence-electron chi connectivity index (χ0n) is 8.27. The van der Waals surface area contributed by atoms with E-state index in [2.05, 4.69) is 16.9 Å². The lowest BCUT2D eigenvalue weighted by atomic mass is 10.5. The molecular formula is C9H15N3O2. The fourth-order valence-electron chi connectivity index (χ4n) is 0.891. The third-order valence-corrected chi connectivity index (χ3v) is 1.51. The number of aromatic nitrogens is 2. The zero-order chi connectivity index (χ0) is 10.2. The zero-order valence-corrected chi connectivity index (χ0v) is 8.27. The first kappa shape index (κ1) is 10.7. The van der Waals surface area contributed by atoms with Crippen LogP contribution < -0.4 is 10.5 Å². The third kappa shape index (κ3) is 3.57.